The SMILES string of the molecule is COCCCSc1cc(N)ccc1Cl. The van der Waals surface area contributed by atoms with Crippen LogP contribution < -0.4 is 5.73 Å². The lowest BCUT2D eigenvalue weighted by molar-refractivity contribution is 0.200. The number of ether oxygens (including phenoxy) is 1. The smallest absolute Gasteiger partial charge is 0.0543 e. The average Bonchev–Trinajstić information content (AvgIpc) is 2.18. The second kappa shape index (κ2) is 6.17. The molecule has 0 spiro atoms. The van der Waals surface area contributed by atoms with Gasteiger partial charge in [-0.25, -0.2) is 0 Å². The van der Waals surface area contributed by atoms with Crippen LogP contribution in [0.4, 0.5) is 5.69 Å². The Balaban J connectivity index is 2.45. The first kappa shape index (κ1) is 11.7. The van der Waals surface area contributed by atoms with E-state index in [4.69, 9.17) is 22.1 Å². The van der Waals surface area contributed by atoms with Gasteiger partial charge in [-0.1, -0.05) is 11.6 Å². The zero-order valence-corrected chi connectivity index (χ0v) is 9.70. The minimum Gasteiger partial charge on any atom is -0.399 e. The summed E-state index contributed by atoms with van der Waals surface area (Å²) in [5.74, 6) is 0.997. The lowest BCUT2D eigenvalue weighted by Crippen LogP contribution is -1.91. The van der Waals surface area contributed by atoms with E-state index in [1.165, 1.54) is 0 Å². The Hall–Kier alpha value is -0.380. The number of anilines is 1. The Morgan fingerprint density at radius 1 is 1.50 bits per heavy atom. The lowest BCUT2D eigenvalue weighted by Gasteiger charge is -2.04. The summed E-state index contributed by atoms with van der Waals surface area (Å²) >= 11 is 7.71. The third-order valence-electron chi connectivity index (χ3n) is 1.71. The topological polar surface area (TPSA) is 35.2 Å². The molecule has 1 aromatic carbocycles. The van der Waals surface area contributed by atoms with Gasteiger partial charge in [0.05, 0.1) is 5.02 Å². The highest BCUT2D eigenvalue weighted by Gasteiger charge is 2.00. The van der Waals surface area contributed by atoms with Gasteiger partial charge in [-0.05, 0) is 24.6 Å². The number of rotatable bonds is 5. The third-order valence-corrected chi connectivity index (χ3v) is 3.29. The van der Waals surface area contributed by atoms with E-state index in [0.29, 0.717) is 0 Å². The summed E-state index contributed by atoms with van der Waals surface area (Å²) in [5.41, 5.74) is 6.41. The van der Waals surface area contributed by atoms with E-state index in [9.17, 15) is 0 Å². The van der Waals surface area contributed by atoms with E-state index in [0.717, 1.165) is 34.4 Å². The number of benzene rings is 1. The van der Waals surface area contributed by atoms with Gasteiger partial charge in [0.2, 0.25) is 0 Å². The van der Waals surface area contributed by atoms with Gasteiger partial charge in [-0.15, -0.1) is 11.8 Å². The average molecular weight is 232 g/mol. The summed E-state index contributed by atoms with van der Waals surface area (Å²) < 4.78 is 4.96. The van der Waals surface area contributed by atoms with Crippen molar-refractivity contribution in [1.29, 1.82) is 0 Å². The molecule has 0 unspecified atom stereocenters. The first-order valence-electron chi connectivity index (χ1n) is 4.41. The molecule has 14 heavy (non-hydrogen) atoms. The minimum atomic E-state index is 0.753. The van der Waals surface area contributed by atoms with Crippen molar-refractivity contribution >= 4 is 29.1 Å². The standard InChI is InChI=1S/C10H14ClNOS/c1-13-5-2-6-14-10-7-8(12)3-4-9(10)11/h3-4,7H,2,5-6,12H2,1H3. The van der Waals surface area contributed by atoms with Crippen LogP contribution in [0.15, 0.2) is 23.1 Å². The molecule has 2 N–H and O–H groups in total. The molecule has 2 nitrogen and oxygen atoms in total. The van der Waals surface area contributed by atoms with Crippen molar-refractivity contribution < 1.29 is 4.74 Å². The Morgan fingerprint density at radius 3 is 3.00 bits per heavy atom. The molecule has 0 aromatic heterocycles. The number of methoxy groups -OCH3 is 1. The maximum Gasteiger partial charge on any atom is 0.0543 e. The molecule has 0 fully saturated rings. The molecule has 1 rings (SSSR count). The van der Waals surface area contributed by atoms with Crippen LogP contribution in [-0.4, -0.2) is 19.5 Å². The second-order valence-corrected chi connectivity index (χ2v) is 4.43. The number of halogens is 1. The van der Waals surface area contributed by atoms with Gasteiger partial charge in [-0.2, -0.15) is 0 Å². The highest BCUT2D eigenvalue weighted by molar-refractivity contribution is 7.99. The first-order valence-corrected chi connectivity index (χ1v) is 5.77. The molecule has 78 valence electrons. The highest BCUT2D eigenvalue weighted by atomic mass is 35.5. The number of thioether (sulfide) groups is 1. The lowest BCUT2D eigenvalue weighted by atomic mass is 10.3. The van der Waals surface area contributed by atoms with Crippen molar-refractivity contribution in [2.45, 2.75) is 11.3 Å². The molecular formula is C10H14ClNOS. The number of hydrogen-bond donors (Lipinski definition) is 1. The molecule has 0 atom stereocenters. The van der Waals surface area contributed by atoms with Crippen LogP contribution in [0.5, 0.6) is 0 Å². The molecule has 0 aliphatic carbocycles. The molecule has 0 bridgehead atoms. The second-order valence-electron chi connectivity index (χ2n) is 2.88. The quantitative estimate of drug-likeness (QED) is 0.481. The van der Waals surface area contributed by atoms with Crippen molar-refractivity contribution in [2.75, 3.05) is 25.2 Å². The zero-order valence-electron chi connectivity index (χ0n) is 8.13. The van der Waals surface area contributed by atoms with E-state index in [1.807, 2.05) is 18.2 Å². The van der Waals surface area contributed by atoms with Gasteiger partial charge in [0.15, 0.2) is 0 Å². The van der Waals surface area contributed by atoms with E-state index >= 15 is 0 Å². The van der Waals surface area contributed by atoms with Crippen molar-refractivity contribution in [3.05, 3.63) is 23.2 Å². The van der Waals surface area contributed by atoms with Crippen molar-refractivity contribution in [3.63, 3.8) is 0 Å². The zero-order chi connectivity index (χ0) is 10.4. The van der Waals surface area contributed by atoms with E-state index in [2.05, 4.69) is 0 Å². The first-order chi connectivity index (χ1) is 6.74. The minimum absolute atomic E-state index is 0.753. The van der Waals surface area contributed by atoms with E-state index < -0.39 is 0 Å². The van der Waals surface area contributed by atoms with Gasteiger partial charge in [0.1, 0.15) is 0 Å². The molecule has 0 saturated heterocycles. The molecule has 0 amide bonds. The number of hydrogen-bond acceptors (Lipinski definition) is 3. The van der Waals surface area contributed by atoms with Crippen molar-refractivity contribution in [3.8, 4) is 0 Å². The predicted molar refractivity (Wildman–Crippen MR) is 63.1 cm³/mol. The Bertz CT molecular complexity index is 293. The van der Waals surface area contributed by atoms with Gasteiger partial charge < -0.3 is 10.5 Å². The molecule has 0 radical (unpaired) electrons. The number of nitrogen functional groups attached to an aromatic ring is 1. The normalized spacial score (nSPS) is 10.4. The van der Waals surface area contributed by atoms with E-state index in [1.54, 1.807) is 18.9 Å². The molecule has 4 heteroatoms. The summed E-state index contributed by atoms with van der Waals surface area (Å²) in [4.78, 5) is 1.04. The molecule has 0 heterocycles. The molecule has 0 aliphatic heterocycles. The molecular weight excluding hydrogens is 218 g/mol. The van der Waals surface area contributed by atoms with Crippen LogP contribution in [0, 0.1) is 0 Å². The largest absolute Gasteiger partial charge is 0.399 e. The Morgan fingerprint density at radius 2 is 2.29 bits per heavy atom. The summed E-state index contributed by atoms with van der Waals surface area (Å²) in [5, 5.41) is 0.765. The summed E-state index contributed by atoms with van der Waals surface area (Å²) in [6.07, 6.45) is 1.02. The maximum atomic E-state index is 6.00. The predicted octanol–water partition coefficient (Wildman–Crippen LogP) is 3.05. The van der Waals surface area contributed by atoms with Crippen LogP contribution in [-0.2, 0) is 4.74 Å². The fraction of sp³-hybridized carbons (Fsp3) is 0.400. The van der Waals surface area contributed by atoms with Crippen LogP contribution in [0.1, 0.15) is 6.42 Å². The van der Waals surface area contributed by atoms with Gasteiger partial charge >= 0.3 is 0 Å². The highest BCUT2D eigenvalue weighted by Crippen LogP contribution is 2.29. The van der Waals surface area contributed by atoms with Crippen molar-refractivity contribution in [1.82, 2.24) is 0 Å². The van der Waals surface area contributed by atoms with Gasteiger partial charge in [0.25, 0.3) is 0 Å². The fourth-order valence-electron chi connectivity index (χ4n) is 1.02. The molecule has 0 saturated carbocycles. The van der Waals surface area contributed by atoms with Gasteiger partial charge in [-0.3, -0.25) is 0 Å². The Labute approximate surface area is 93.8 Å². The monoisotopic (exact) mass is 231 g/mol. The summed E-state index contributed by atoms with van der Waals surface area (Å²) in [7, 11) is 1.71. The summed E-state index contributed by atoms with van der Waals surface area (Å²) in [6.45, 7) is 0.785. The maximum absolute atomic E-state index is 6.00. The molecule has 1 aromatic rings. The van der Waals surface area contributed by atoms with Crippen LogP contribution in [0.25, 0.3) is 0 Å². The number of nitrogens with two attached hydrogens (primary N) is 1. The third kappa shape index (κ3) is 3.78. The van der Waals surface area contributed by atoms with Crippen molar-refractivity contribution in [2.24, 2.45) is 0 Å². The summed E-state index contributed by atoms with van der Waals surface area (Å²) in [6, 6.07) is 5.54. The van der Waals surface area contributed by atoms with Crippen LogP contribution in [0.3, 0.4) is 0 Å². The fourth-order valence-corrected chi connectivity index (χ4v) is 2.20. The van der Waals surface area contributed by atoms with Crippen LogP contribution >= 0.6 is 23.4 Å². The van der Waals surface area contributed by atoms with E-state index in [-0.39, 0.29) is 0 Å². The van der Waals surface area contributed by atoms with Crippen LogP contribution in [0.2, 0.25) is 5.02 Å². The van der Waals surface area contributed by atoms with Gasteiger partial charge in [0, 0.05) is 30.1 Å². The Kier molecular flexibility index (Phi) is 5.15. The molecule has 0 aliphatic rings.